The predicted molar refractivity (Wildman–Crippen MR) is 125 cm³/mol. The first-order valence-electron chi connectivity index (χ1n) is 10.5. The van der Waals surface area contributed by atoms with Crippen LogP contribution in [0.1, 0.15) is 31.9 Å². The number of aliphatic hydroxyl groups is 1. The molecule has 1 N–H and O–H groups in total. The van der Waals surface area contributed by atoms with E-state index in [-0.39, 0.29) is 17.9 Å². The summed E-state index contributed by atoms with van der Waals surface area (Å²) in [6, 6.07) is 19.9. The lowest BCUT2D eigenvalue weighted by atomic mass is 9.84. The topological polar surface area (TPSA) is 65.0 Å². The molecule has 0 fully saturated rings. The van der Waals surface area contributed by atoms with Gasteiger partial charge in [0.15, 0.2) is 0 Å². The van der Waals surface area contributed by atoms with Gasteiger partial charge in [0.05, 0.1) is 39.1 Å². The second-order valence-electron chi connectivity index (χ2n) is 8.11. The molecule has 2 rings (SSSR count). The summed E-state index contributed by atoms with van der Waals surface area (Å²) in [6.45, 7) is 6.91. The Bertz CT molecular complexity index is 781. The number of halogens is 1. The summed E-state index contributed by atoms with van der Waals surface area (Å²) in [5, 5.41) is 11.0. The zero-order valence-corrected chi connectivity index (χ0v) is 20.2. The molecule has 0 bridgehead atoms. The molecule has 0 heterocycles. The quantitative estimate of drug-likeness (QED) is 0.342. The molecule has 31 heavy (non-hydrogen) atoms. The molecular weight excluding hydrogens is 460 g/mol. The van der Waals surface area contributed by atoms with E-state index in [1.165, 1.54) is 7.11 Å². The molecule has 0 saturated carbocycles. The van der Waals surface area contributed by atoms with Crippen molar-refractivity contribution < 1.29 is 24.1 Å². The Hall–Kier alpha value is -1.73. The van der Waals surface area contributed by atoms with Gasteiger partial charge in [-0.2, -0.15) is 0 Å². The molecule has 0 radical (unpaired) electrons. The van der Waals surface area contributed by atoms with Gasteiger partial charge in [0.2, 0.25) is 0 Å². The molecule has 2 aromatic rings. The standard InChI is InChI=1S/C25H33BrO5/c1-18(15-30-16-20-11-7-5-8-12-20)22(31-17-21-13-9-6-10-14-21)19(2)23(27)25(3,26)24(28)29-4/h5-14,18-19,22-23,27H,15-17H2,1-4H3/t18-,19+,22-,23+,25-/m0/s1. The number of rotatable bonds is 12. The smallest absolute Gasteiger partial charge is 0.325 e. The van der Waals surface area contributed by atoms with E-state index in [2.05, 4.69) is 15.9 Å². The molecule has 0 amide bonds. The van der Waals surface area contributed by atoms with Crippen molar-refractivity contribution in [2.75, 3.05) is 13.7 Å². The van der Waals surface area contributed by atoms with Crippen molar-refractivity contribution in [2.24, 2.45) is 11.8 Å². The number of alkyl halides is 1. The fourth-order valence-electron chi connectivity index (χ4n) is 3.63. The Balaban J connectivity index is 2.09. The van der Waals surface area contributed by atoms with E-state index < -0.39 is 16.4 Å². The first-order valence-corrected chi connectivity index (χ1v) is 11.3. The van der Waals surface area contributed by atoms with Gasteiger partial charge in [-0.25, -0.2) is 0 Å². The molecular formula is C25H33BrO5. The van der Waals surface area contributed by atoms with E-state index in [0.29, 0.717) is 19.8 Å². The van der Waals surface area contributed by atoms with Crippen molar-refractivity contribution in [1.29, 1.82) is 0 Å². The number of carbonyl (C=O) groups excluding carboxylic acids is 1. The third kappa shape index (κ3) is 7.42. The molecule has 5 atom stereocenters. The van der Waals surface area contributed by atoms with Gasteiger partial charge in [0.1, 0.15) is 4.32 Å². The Labute approximate surface area is 193 Å². The maximum Gasteiger partial charge on any atom is 0.325 e. The van der Waals surface area contributed by atoms with Crippen LogP contribution >= 0.6 is 15.9 Å². The molecule has 0 aliphatic heterocycles. The number of benzene rings is 2. The maximum absolute atomic E-state index is 12.2. The van der Waals surface area contributed by atoms with Gasteiger partial charge >= 0.3 is 5.97 Å². The van der Waals surface area contributed by atoms with Gasteiger partial charge in [-0.1, -0.05) is 90.4 Å². The molecule has 170 valence electrons. The second-order valence-corrected chi connectivity index (χ2v) is 9.76. The minimum atomic E-state index is -1.24. The van der Waals surface area contributed by atoms with Crippen molar-refractivity contribution in [3.63, 3.8) is 0 Å². The average Bonchev–Trinajstić information content (AvgIpc) is 2.79. The Kier molecular flexibility index (Phi) is 10.2. The Morgan fingerprint density at radius 1 is 1.00 bits per heavy atom. The zero-order valence-electron chi connectivity index (χ0n) is 18.7. The summed E-state index contributed by atoms with van der Waals surface area (Å²) in [4.78, 5) is 12.2. The van der Waals surface area contributed by atoms with Gasteiger partial charge in [-0.15, -0.1) is 0 Å². The highest BCUT2D eigenvalue weighted by Gasteiger charge is 2.45. The van der Waals surface area contributed by atoms with Crippen LogP contribution in [-0.2, 0) is 32.2 Å². The third-order valence-corrected chi connectivity index (χ3v) is 6.29. The SMILES string of the molecule is COC(=O)[C@@](C)(Br)[C@H](O)[C@H](C)[C@@H](OCc1ccccc1)[C@@H](C)COCc1ccccc1. The van der Waals surface area contributed by atoms with Crippen LogP contribution in [0.15, 0.2) is 60.7 Å². The number of esters is 1. The van der Waals surface area contributed by atoms with Gasteiger partial charge in [0.25, 0.3) is 0 Å². The molecule has 0 aliphatic rings. The lowest BCUT2D eigenvalue weighted by Crippen LogP contribution is -2.50. The molecule has 0 spiro atoms. The van der Waals surface area contributed by atoms with Crippen LogP contribution in [0, 0.1) is 11.8 Å². The maximum atomic E-state index is 12.2. The van der Waals surface area contributed by atoms with E-state index >= 15 is 0 Å². The first kappa shape index (κ1) is 25.5. The van der Waals surface area contributed by atoms with E-state index in [4.69, 9.17) is 14.2 Å². The largest absolute Gasteiger partial charge is 0.468 e. The number of hydrogen-bond acceptors (Lipinski definition) is 5. The van der Waals surface area contributed by atoms with Crippen molar-refractivity contribution >= 4 is 21.9 Å². The van der Waals surface area contributed by atoms with Crippen LogP contribution in [0.5, 0.6) is 0 Å². The van der Waals surface area contributed by atoms with Crippen molar-refractivity contribution in [3.8, 4) is 0 Å². The highest BCUT2D eigenvalue weighted by Crippen LogP contribution is 2.33. The van der Waals surface area contributed by atoms with Crippen LogP contribution in [0.25, 0.3) is 0 Å². The number of carbonyl (C=O) groups is 1. The first-order chi connectivity index (χ1) is 14.8. The van der Waals surface area contributed by atoms with Crippen molar-refractivity contribution in [1.82, 2.24) is 0 Å². The number of aliphatic hydroxyl groups excluding tert-OH is 1. The van der Waals surface area contributed by atoms with Crippen LogP contribution < -0.4 is 0 Å². The number of hydrogen-bond donors (Lipinski definition) is 1. The van der Waals surface area contributed by atoms with Gasteiger partial charge in [-0.3, -0.25) is 4.79 Å². The lowest BCUT2D eigenvalue weighted by Gasteiger charge is -2.37. The van der Waals surface area contributed by atoms with E-state index in [0.717, 1.165) is 11.1 Å². The highest BCUT2D eigenvalue weighted by atomic mass is 79.9. The lowest BCUT2D eigenvalue weighted by molar-refractivity contribution is -0.149. The number of methoxy groups -OCH3 is 1. The van der Waals surface area contributed by atoms with Gasteiger partial charge in [0, 0.05) is 11.8 Å². The molecule has 0 unspecified atom stereocenters. The summed E-state index contributed by atoms with van der Waals surface area (Å²) in [6.07, 6.45) is -1.36. The molecule has 5 nitrogen and oxygen atoms in total. The Morgan fingerprint density at radius 3 is 2.03 bits per heavy atom. The summed E-state index contributed by atoms with van der Waals surface area (Å²) >= 11 is 3.36. The van der Waals surface area contributed by atoms with E-state index in [1.807, 2.05) is 74.5 Å². The summed E-state index contributed by atoms with van der Waals surface area (Å²) in [5.41, 5.74) is 2.14. The van der Waals surface area contributed by atoms with Gasteiger partial charge < -0.3 is 19.3 Å². The fraction of sp³-hybridized carbons (Fsp3) is 0.480. The van der Waals surface area contributed by atoms with Gasteiger partial charge in [-0.05, 0) is 18.1 Å². The van der Waals surface area contributed by atoms with Crippen LogP contribution in [0.2, 0.25) is 0 Å². The molecule has 0 saturated heterocycles. The highest BCUT2D eigenvalue weighted by molar-refractivity contribution is 9.10. The monoisotopic (exact) mass is 492 g/mol. The van der Waals surface area contributed by atoms with E-state index in [1.54, 1.807) is 6.92 Å². The minimum Gasteiger partial charge on any atom is -0.468 e. The van der Waals surface area contributed by atoms with Crippen LogP contribution in [0.3, 0.4) is 0 Å². The Morgan fingerprint density at radius 2 is 1.52 bits per heavy atom. The number of ether oxygens (including phenoxy) is 3. The third-order valence-electron chi connectivity index (χ3n) is 5.49. The van der Waals surface area contributed by atoms with Crippen LogP contribution in [-0.4, -0.2) is 41.3 Å². The van der Waals surface area contributed by atoms with Crippen molar-refractivity contribution in [2.45, 2.75) is 50.5 Å². The van der Waals surface area contributed by atoms with E-state index in [9.17, 15) is 9.90 Å². The van der Waals surface area contributed by atoms with Crippen molar-refractivity contribution in [3.05, 3.63) is 71.8 Å². The molecule has 2 aromatic carbocycles. The molecule has 0 aromatic heterocycles. The zero-order chi connectivity index (χ0) is 22.9. The van der Waals surface area contributed by atoms with Crippen LogP contribution in [0.4, 0.5) is 0 Å². The minimum absolute atomic E-state index is 0.0157. The summed E-state index contributed by atoms with van der Waals surface area (Å²) in [7, 11) is 1.31. The molecule has 0 aliphatic carbocycles. The summed E-state index contributed by atoms with van der Waals surface area (Å²) < 4.78 is 15.8. The summed E-state index contributed by atoms with van der Waals surface area (Å²) in [5.74, 6) is -0.901. The molecule has 6 heteroatoms. The average molecular weight is 493 g/mol. The second kappa shape index (κ2) is 12.3. The fourth-order valence-corrected chi connectivity index (χ4v) is 4.21. The predicted octanol–water partition coefficient (Wildman–Crippen LogP) is 4.75. The normalized spacial score (nSPS) is 17.2.